The van der Waals surface area contributed by atoms with Gasteiger partial charge in [-0.05, 0) is 45.3 Å². The fourth-order valence-corrected chi connectivity index (χ4v) is 4.82. The molecule has 0 bridgehead atoms. The minimum absolute atomic E-state index is 0.0491. The third kappa shape index (κ3) is 3.79. The summed E-state index contributed by atoms with van der Waals surface area (Å²) in [5.41, 5.74) is 1.38. The number of hydrogen-bond acceptors (Lipinski definition) is 6. The second-order valence-corrected chi connectivity index (χ2v) is 8.30. The van der Waals surface area contributed by atoms with Crippen LogP contribution in [-0.2, 0) is 16.1 Å². The molecule has 3 fully saturated rings. The van der Waals surface area contributed by atoms with E-state index in [-0.39, 0.29) is 5.91 Å². The molecule has 4 heterocycles. The highest BCUT2D eigenvalue weighted by molar-refractivity contribution is 7.13. The summed E-state index contributed by atoms with van der Waals surface area (Å²) in [6, 6.07) is 0. The normalized spacial score (nSPS) is 28.2. The van der Waals surface area contributed by atoms with E-state index in [4.69, 9.17) is 4.74 Å². The van der Waals surface area contributed by atoms with Crippen LogP contribution in [0.4, 0.5) is 5.13 Å². The molecular weight excluding hydrogens is 324 g/mol. The van der Waals surface area contributed by atoms with Crippen molar-refractivity contribution in [1.82, 2.24) is 14.8 Å². The quantitative estimate of drug-likeness (QED) is 0.877. The summed E-state index contributed by atoms with van der Waals surface area (Å²) in [6.45, 7) is 7.41. The predicted molar refractivity (Wildman–Crippen MR) is 94.2 cm³/mol. The molecule has 1 amide bonds. The number of likely N-dealkylation sites (tertiary alicyclic amines) is 2. The van der Waals surface area contributed by atoms with Crippen molar-refractivity contribution in [2.45, 2.75) is 32.2 Å². The zero-order chi connectivity index (χ0) is 16.4. The largest absolute Gasteiger partial charge is 0.381 e. The number of carbonyl (C=O) groups excluding carboxylic acids is 1. The number of nitrogens with zero attached hydrogens (tertiary/aromatic N) is 3. The van der Waals surface area contributed by atoms with Gasteiger partial charge in [0.05, 0.1) is 18.8 Å². The van der Waals surface area contributed by atoms with Gasteiger partial charge in [0.15, 0.2) is 5.13 Å². The summed E-state index contributed by atoms with van der Waals surface area (Å²) in [6.07, 6.45) is 4.86. The van der Waals surface area contributed by atoms with Crippen LogP contribution >= 0.6 is 11.3 Å². The van der Waals surface area contributed by atoms with Gasteiger partial charge in [-0.2, -0.15) is 0 Å². The minimum atomic E-state index is 0.0491. The molecule has 3 aliphatic heterocycles. The second-order valence-electron chi connectivity index (χ2n) is 7.44. The highest BCUT2D eigenvalue weighted by Crippen LogP contribution is 2.37. The third-order valence-corrected chi connectivity index (χ3v) is 6.26. The topological polar surface area (TPSA) is 57.7 Å². The summed E-state index contributed by atoms with van der Waals surface area (Å²) >= 11 is 1.53. The van der Waals surface area contributed by atoms with Crippen LogP contribution in [0.3, 0.4) is 0 Å². The Morgan fingerprint density at radius 3 is 2.96 bits per heavy atom. The van der Waals surface area contributed by atoms with E-state index >= 15 is 0 Å². The molecular formula is C17H26N4O2S. The molecule has 1 aromatic rings. The monoisotopic (exact) mass is 350 g/mol. The van der Waals surface area contributed by atoms with Crippen molar-refractivity contribution >= 4 is 22.4 Å². The summed E-state index contributed by atoms with van der Waals surface area (Å²) in [5.74, 6) is 0.0491. The minimum Gasteiger partial charge on any atom is -0.381 e. The van der Waals surface area contributed by atoms with Gasteiger partial charge in [-0.1, -0.05) is 0 Å². The lowest BCUT2D eigenvalue weighted by Gasteiger charge is -2.21. The standard InChI is InChI=1S/C17H26N4O2S/c22-15(10-21-7-3-17(12-21)4-8-23-13-17)19-16-18-14(11-24-16)9-20-5-1-2-6-20/h11H,1-10,12-13H2,(H,18,19,22). The average molecular weight is 350 g/mol. The van der Waals surface area contributed by atoms with E-state index in [1.54, 1.807) is 0 Å². The number of rotatable bonds is 5. The molecule has 0 saturated carbocycles. The van der Waals surface area contributed by atoms with Gasteiger partial charge >= 0.3 is 0 Å². The van der Waals surface area contributed by atoms with Crippen molar-refractivity contribution < 1.29 is 9.53 Å². The summed E-state index contributed by atoms with van der Waals surface area (Å²) in [5, 5.41) is 5.76. The smallest absolute Gasteiger partial charge is 0.240 e. The average Bonchev–Trinajstić information content (AvgIpc) is 3.32. The van der Waals surface area contributed by atoms with E-state index in [2.05, 4.69) is 25.5 Å². The van der Waals surface area contributed by atoms with Crippen LogP contribution in [0.2, 0.25) is 0 Å². The molecule has 4 rings (SSSR count). The Hall–Kier alpha value is -1.02. The van der Waals surface area contributed by atoms with Crippen molar-refractivity contribution in [3.8, 4) is 0 Å². The van der Waals surface area contributed by atoms with Crippen LogP contribution in [0.1, 0.15) is 31.4 Å². The molecule has 24 heavy (non-hydrogen) atoms. The van der Waals surface area contributed by atoms with Gasteiger partial charge in [-0.25, -0.2) is 4.98 Å². The number of hydrogen-bond donors (Lipinski definition) is 1. The first-order valence-electron chi connectivity index (χ1n) is 8.98. The predicted octanol–water partition coefficient (Wildman–Crippen LogP) is 1.79. The lowest BCUT2D eigenvalue weighted by molar-refractivity contribution is -0.117. The molecule has 132 valence electrons. The van der Waals surface area contributed by atoms with Crippen LogP contribution in [0.15, 0.2) is 5.38 Å². The van der Waals surface area contributed by atoms with E-state index in [9.17, 15) is 4.79 Å². The summed E-state index contributed by atoms with van der Waals surface area (Å²) in [7, 11) is 0. The highest BCUT2D eigenvalue weighted by atomic mass is 32.1. The first kappa shape index (κ1) is 16.4. The zero-order valence-electron chi connectivity index (χ0n) is 14.1. The van der Waals surface area contributed by atoms with E-state index in [0.717, 1.165) is 56.5 Å². The maximum absolute atomic E-state index is 12.3. The van der Waals surface area contributed by atoms with E-state index in [1.165, 1.54) is 37.3 Å². The molecule has 1 aromatic heterocycles. The van der Waals surface area contributed by atoms with Gasteiger partial charge in [0.1, 0.15) is 0 Å². The second kappa shape index (κ2) is 7.07. The Labute approximate surface area is 147 Å². The fraction of sp³-hybridized carbons (Fsp3) is 0.765. The van der Waals surface area contributed by atoms with Crippen molar-refractivity contribution in [1.29, 1.82) is 0 Å². The Morgan fingerprint density at radius 1 is 1.29 bits per heavy atom. The molecule has 1 unspecified atom stereocenters. The van der Waals surface area contributed by atoms with Crippen molar-refractivity contribution in [2.24, 2.45) is 5.41 Å². The van der Waals surface area contributed by atoms with E-state index in [0.29, 0.717) is 12.0 Å². The van der Waals surface area contributed by atoms with Crippen LogP contribution in [0.25, 0.3) is 0 Å². The zero-order valence-corrected chi connectivity index (χ0v) is 14.9. The Balaban J connectivity index is 1.25. The van der Waals surface area contributed by atoms with E-state index in [1.807, 2.05) is 0 Å². The number of aromatic nitrogens is 1. The first-order valence-corrected chi connectivity index (χ1v) is 9.86. The van der Waals surface area contributed by atoms with Crippen molar-refractivity contribution in [3.63, 3.8) is 0 Å². The van der Waals surface area contributed by atoms with Gasteiger partial charge < -0.3 is 10.1 Å². The third-order valence-electron chi connectivity index (χ3n) is 5.45. The van der Waals surface area contributed by atoms with Gasteiger partial charge in [0, 0.05) is 30.5 Å². The molecule has 1 atom stereocenters. The summed E-state index contributed by atoms with van der Waals surface area (Å²) in [4.78, 5) is 21.5. The fourth-order valence-electron chi connectivity index (χ4n) is 4.10. The van der Waals surface area contributed by atoms with Crippen LogP contribution in [0.5, 0.6) is 0 Å². The van der Waals surface area contributed by atoms with Gasteiger partial charge in [-0.15, -0.1) is 11.3 Å². The maximum Gasteiger partial charge on any atom is 0.240 e. The molecule has 3 aliphatic rings. The van der Waals surface area contributed by atoms with Gasteiger partial charge in [-0.3, -0.25) is 14.6 Å². The molecule has 1 spiro atoms. The highest BCUT2D eigenvalue weighted by Gasteiger charge is 2.41. The molecule has 0 radical (unpaired) electrons. The number of ether oxygens (including phenoxy) is 1. The molecule has 0 aromatic carbocycles. The molecule has 0 aliphatic carbocycles. The Bertz CT molecular complexity index is 579. The number of nitrogens with one attached hydrogen (secondary N) is 1. The maximum atomic E-state index is 12.3. The first-order chi connectivity index (χ1) is 11.7. The van der Waals surface area contributed by atoms with Crippen LogP contribution < -0.4 is 5.32 Å². The number of carbonyl (C=O) groups is 1. The van der Waals surface area contributed by atoms with Gasteiger partial charge in [0.2, 0.25) is 5.91 Å². The van der Waals surface area contributed by atoms with Crippen molar-refractivity contribution in [3.05, 3.63) is 11.1 Å². The van der Waals surface area contributed by atoms with Gasteiger partial charge in [0.25, 0.3) is 0 Å². The molecule has 3 saturated heterocycles. The van der Waals surface area contributed by atoms with Crippen LogP contribution in [0, 0.1) is 5.41 Å². The van der Waals surface area contributed by atoms with E-state index < -0.39 is 0 Å². The van der Waals surface area contributed by atoms with Crippen LogP contribution in [-0.4, -0.2) is 66.6 Å². The summed E-state index contributed by atoms with van der Waals surface area (Å²) < 4.78 is 5.55. The molecule has 6 nitrogen and oxygen atoms in total. The van der Waals surface area contributed by atoms with Crippen molar-refractivity contribution in [2.75, 3.05) is 51.3 Å². The Kier molecular flexibility index (Phi) is 4.85. The molecule has 1 N–H and O–H groups in total. The molecule has 7 heteroatoms. The lowest BCUT2D eigenvalue weighted by Crippen LogP contribution is -2.34. The SMILES string of the molecule is O=C(CN1CCC2(CCOC2)C1)Nc1nc(CN2CCCC2)cs1. The number of amides is 1. The Morgan fingerprint density at radius 2 is 2.17 bits per heavy atom. The number of thiazole rings is 1. The number of anilines is 1. The lowest BCUT2D eigenvalue weighted by atomic mass is 9.87.